The first kappa shape index (κ1) is 13.5. The monoisotopic (exact) mass is 228 g/mol. The predicted molar refractivity (Wildman–Crippen MR) is 64.1 cm³/mol. The van der Waals surface area contributed by atoms with E-state index in [2.05, 4.69) is 5.32 Å². The maximum absolute atomic E-state index is 12.2. The Morgan fingerprint density at radius 1 is 1.56 bits per heavy atom. The van der Waals surface area contributed by atoms with Crippen LogP contribution in [0.3, 0.4) is 0 Å². The average Bonchev–Trinajstić information content (AvgIpc) is 2.29. The Labute approximate surface area is 98.0 Å². The van der Waals surface area contributed by atoms with Crippen molar-refractivity contribution in [3.63, 3.8) is 0 Å². The van der Waals surface area contributed by atoms with Crippen molar-refractivity contribution in [3.05, 3.63) is 0 Å². The Balaban J connectivity index is 2.56. The van der Waals surface area contributed by atoms with Gasteiger partial charge in [0.1, 0.15) is 0 Å². The van der Waals surface area contributed by atoms with E-state index < -0.39 is 0 Å². The summed E-state index contributed by atoms with van der Waals surface area (Å²) in [6.45, 7) is 3.72. The Hall–Kier alpha value is -0.610. The third kappa shape index (κ3) is 3.46. The van der Waals surface area contributed by atoms with Gasteiger partial charge in [-0.15, -0.1) is 0 Å². The fourth-order valence-corrected chi connectivity index (χ4v) is 2.42. The van der Waals surface area contributed by atoms with Crippen LogP contribution in [0, 0.1) is 5.92 Å². The van der Waals surface area contributed by atoms with Crippen molar-refractivity contribution >= 4 is 5.91 Å². The molecule has 0 radical (unpaired) electrons. The molecule has 16 heavy (non-hydrogen) atoms. The molecule has 1 aliphatic heterocycles. The summed E-state index contributed by atoms with van der Waals surface area (Å²) in [4.78, 5) is 14.2. The number of nitrogens with zero attached hydrogens (tertiary/aromatic N) is 1. The lowest BCUT2D eigenvalue weighted by atomic mass is 9.97. The zero-order valence-electron chi connectivity index (χ0n) is 10.4. The molecule has 1 amide bonds. The van der Waals surface area contributed by atoms with Gasteiger partial charge in [-0.25, -0.2) is 0 Å². The number of amides is 1. The Morgan fingerprint density at radius 3 is 2.94 bits per heavy atom. The maximum Gasteiger partial charge on any atom is 0.226 e. The van der Waals surface area contributed by atoms with Crippen molar-refractivity contribution in [2.45, 2.75) is 38.6 Å². The summed E-state index contributed by atoms with van der Waals surface area (Å²) >= 11 is 0. The van der Waals surface area contributed by atoms with Gasteiger partial charge in [0, 0.05) is 31.7 Å². The van der Waals surface area contributed by atoms with Crippen LogP contribution in [0.25, 0.3) is 0 Å². The number of carbonyl (C=O) groups excluding carboxylic acids is 1. The van der Waals surface area contributed by atoms with Gasteiger partial charge in [0.15, 0.2) is 0 Å². The van der Waals surface area contributed by atoms with Crippen LogP contribution in [0.2, 0.25) is 0 Å². The van der Waals surface area contributed by atoms with E-state index in [0.717, 1.165) is 32.4 Å². The summed E-state index contributed by atoms with van der Waals surface area (Å²) in [6.07, 6.45) is 4.03. The van der Waals surface area contributed by atoms with E-state index in [9.17, 15) is 4.79 Å². The van der Waals surface area contributed by atoms with Gasteiger partial charge in [-0.3, -0.25) is 4.79 Å². The Bertz CT molecular complexity index is 219. The second kappa shape index (κ2) is 6.86. The van der Waals surface area contributed by atoms with Crippen molar-refractivity contribution in [1.29, 1.82) is 0 Å². The van der Waals surface area contributed by atoms with E-state index in [1.54, 1.807) is 0 Å². The number of rotatable bonds is 5. The van der Waals surface area contributed by atoms with E-state index in [1.165, 1.54) is 6.42 Å². The van der Waals surface area contributed by atoms with Crippen LogP contribution >= 0.6 is 0 Å². The van der Waals surface area contributed by atoms with Crippen LogP contribution < -0.4 is 5.32 Å². The molecule has 0 aliphatic carbocycles. The number of hydrogen-bond acceptors (Lipinski definition) is 3. The molecule has 0 saturated carbocycles. The van der Waals surface area contributed by atoms with Gasteiger partial charge in [-0.05, 0) is 32.7 Å². The molecule has 0 aromatic heterocycles. The molecular weight excluding hydrogens is 204 g/mol. The highest BCUT2D eigenvalue weighted by atomic mass is 16.3. The van der Waals surface area contributed by atoms with Gasteiger partial charge in [0.2, 0.25) is 5.91 Å². The van der Waals surface area contributed by atoms with E-state index >= 15 is 0 Å². The summed E-state index contributed by atoms with van der Waals surface area (Å²) in [7, 11) is 1.87. The normalized spacial score (nSPS) is 23.2. The highest BCUT2D eigenvalue weighted by Gasteiger charge is 2.28. The molecule has 0 bridgehead atoms. The first-order valence-corrected chi connectivity index (χ1v) is 6.26. The molecule has 0 aromatic rings. The van der Waals surface area contributed by atoms with Crippen molar-refractivity contribution in [3.8, 4) is 0 Å². The molecule has 2 atom stereocenters. The summed E-state index contributed by atoms with van der Waals surface area (Å²) in [5.74, 6) is 0.261. The summed E-state index contributed by atoms with van der Waals surface area (Å²) in [6, 6.07) is 0.255. The molecule has 2 N–H and O–H groups in total. The molecule has 1 saturated heterocycles. The van der Waals surface area contributed by atoms with Crippen LogP contribution in [0.5, 0.6) is 0 Å². The third-order valence-electron chi connectivity index (χ3n) is 3.30. The lowest BCUT2D eigenvalue weighted by Gasteiger charge is -2.37. The number of likely N-dealkylation sites (tertiary alicyclic amines) is 1. The van der Waals surface area contributed by atoms with Crippen molar-refractivity contribution in [2.24, 2.45) is 5.92 Å². The Morgan fingerprint density at radius 2 is 2.31 bits per heavy atom. The SMILES string of the molecule is CNCC(C)C(=O)N1CCCCC1CCO. The molecule has 0 spiro atoms. The van der Waals surface area contributed by atoms with Gasteiger partial charge in [0.05, 0.1) is 0 Å². The molecule has 0 aromatic carbocycles. The Kier molecular flexibility index (Phi) is 5.77. The standard InChI is InChI=1S/C12H24N2O2/c1-10(9-13-2)12(16)14-7-4-3-5-11(14)6-8-15/h10-11,13,15H,3-9H2,1-2H3. The molecule has 4 nitrogen and oxygen atoms in total. The average molecular weight is 228 g/mol. The highest BCUT2D eigenvalue weighted by molar-refractivity contribution is 5.79. The highest BCUT2D eigenvalue weighted by Crippen LogP contribution is 2.21. The van der Waals surface area contributed by atoms with E-state index in [1.807, 2.05) is 18.9 Å². The molecule has 1 aliphatic rings. The summed E-state index contributed by atoms with van der Waals surface area (Å²) < 4.78 is 0. The number of hydrogen-bond donors (Lipinski definition) is 2. The van der Waals surface area contributed by atoms with Gasteiger partial charge in [-0.1, -0.05) is 6.92 Å². The van der Waals surface area contributed by atoms with Crippen molar-refractivity contribution in [2.75, 3.05) is 26.7 Å². The zero-order valence-corrected chi connectivity index (χ0v) is 10.4. The van der Waals surface area contributed by atoms with Crippen LogP contribution in [0.1, 0.15) is 32.6 Å². The molecule has 4 heteroatoms. The maximum atomic E-state index is 12.2. The fraction of sp³-hybridized carbons (Fsp3) is 0.917. The quantitative estimate of drug-likeness (QED) is 0.725. The molecule has 1 rings (SSSR count). The number of nitrogens with one attached hydrogen (secondary N) is 1. The molecule has 1 heterocycles. The van der Waals surface area contributed by atoms with E-state index in [4.69, 9.17) is 5.11 Å². The summed E-state index contributed by atoms with van der Waals surface area (Å²) in [5, 5.41) is 12.0. The third-order valence-corrected chi connectivity index (χ3v) is 3.30. The topological polar surface area (TPSA) is 52.6 Å². The minimum atomic E-state index is 0.0318. The zero-order chi connectivity index (χ0) is 12.0. The van der Waals surface area contributed by atoms with Crippen LogP contribution in [-0.2, 0) is 4.79 Å². The van der Waals surface area contributed by atoms with Crippen LogP contribution in [0.4, 0.5) is 0 Å². The minimum absolute atomic E-state index is 0.0318. The lowest BCUT2D eigenvalue weighted by Crippen LogP contribution is -2.47. The fourth-order valence-electron chi connectivity index (χ4n) is 2.42. The summed E-state index contributed by atoms with van der Waals surface area (Å²) in [5.41, 5.74) is 0. The number of aliphatic hydroxyl groups excluding tert-OH is 1. The van der Waals surface area contributed by atoms with Crippen LogP contribution in [-0.4, -0.2) is 48.7 Å². The minimum Gasteiger partial charge on any atom is -0.396 e. The number of carbonyl (C=O) groups is 1. The largest absolute Gasteiger partial charge is 0.396 e. The van der Waals surface area contributed by atoms with E-state index in [0.29, 0.717) is 0 Å². The second-order valence-corrected chi connectivity index (χ2v) is 4.65. The van der Waals surface area contributed by atoms with Gasteiger partial charge in [-0.2, -0.15) is 0 Å². The molecular formula is C12H24N2O2. The number of piperidine rings is 1. The van der Waals surface area contributed by atoms with Gasteiger partial charge >= 0.3 is 0 Å². The second-order valence-electron chi connectivity index (χ2n) is 4.65. The molecule has 94 valence electrons. The molecule has 1 fully saturated rings. The van der Waals surface area contributed by atoms with Crippen molar-refractivity contribution in [1.82, 2.24) is 10.2 Å². The lowest BCUT2D eigenvalue weighted by molar-refractivity contribution is -0.138. The first-order valence-electron chi connectivity index (χ1n) is 6.26. The van der Waals surface area contributed by atoms with E-state index in [-0.39, 0.29) is 24.5 Å². The predicted octanol–water partition coefficient (Wildman–Crippen LogP) is 0.605. The molecule has 2 unspecified atom stereocenters. The van der Waals surface area contributed by atoms with Crippen molar-refractivity contribution < 1.29 is 9.90 Å². The van der Waals surface area contributed by atoms with Crippen LogP contribution in [0.15, 0.2) is 0 Å². The number of aliphatic hydroxyl groups is 1. The first-order chi connectivity index (χ1) is 7.70. The van der Waals surface area contributed by atoms with Gasteiger partial charge < -0.3 is 15.3 Å². The van der Waals surface area contributed by atoms with Gasteiger partial charge in [0.25, 0.3) is 0 Å². The smallest absolute Gasteiger partial charge is 0.226 e.